The van der Waals surface area contributed by atoms with Crippen LogP contribution in [0.3, 0.4) is 0 Å². The van der Waals surface area contributed by atoms with Crippen LogP contribution in [0.2, 0.25) is 0 Å². The number of fused-ring (bicyclic) bond motifs is 2. The Bertz CT molecular complexity index is 968. The lowest BCUT2D eigenvalue weighted by molar-refractivity contribution is -0.164. The van der Waals surface area contributed by atoms with Crippen LogP contribution >= 0.6 is 0 Å². The molecule has 0 radical (unpaired) electrons. The monoisotopic (exact) mass is 460 g/mol. The van der Waals surface area contributed by atoms with E-state index < -0.39 is 48.3 Å². The number of ether oxygens (including phenoxy) is 1. The number of alkyl carbamates (subject to hydrolysis) is 1. The molecule has 1 aromatic carbocycles. The van der Waals surface area contributed by atoms with Crippen molar-refractivity contribution in [2.45, 2.75) is 51.9 Å². The van der Waals surface area contributed by atoms with Crippen LogP contribution in [0.15, 0.2) is 35.9 Å². The zero-order chi connectivity index (χ0) is 24.3. The van der Waals surface area contributed by atoms with E-state index in [1.165, 1.54) is 4.90 Å². The standard InChI is InChI=1S/C22H28N4O7/c1-13-9-16-11-25(21(31)26(16)32-12-17(27)28)18(13)19(29)24-15-7-5-14(6-8-15)10-23-20(30)33-22(2,3)4/h5-9,16,18H,10-12H2,1-4H3,(H,23,30)(H,24,29)(H,27,28)/t16-,18-/m0/s1. The van der Waals surface area contributed by atoms with Crippen LogP contribution in [0.25, 0.3) is 0 Å². The fourth-order valence-corrected chi connectivity index (χ4v) is 3.63. The highest BCUT2D eigenvalue weighted by molar-refractivity contribution is 6.00. The number of hydrogen-bond donors (Lipinski definition) is 3. The van der Waals surface area contributed by atoms with Crippen LogP contribution < -0.4 is 10.6 Å². The van der Waals surface area contributed by atoms with Gasteiger partial charge in [0.05, 0.1) is 12.6 Å². The van der Waals surface area contributed by atoms with Crippen molar-refractivity contribution in [1.82, 2.24) is 15.3 Å². The van der Waals surface area contributed by atoms with Gasteiger partial charge in [0, 0.05) is 12.2 Å². The molecule has 2 atom stereocenters. The van der Waals surface area contributed by atoms with Crippen LogP contribution in [0, 0.1) is 0 Å². The van der Waals surface area contributed by atoms with Crippen molar-refractivity contribution in [2.75, 3.05) is 18.5 Å². The van der Waals surface area contributed by atoms with E-state index in [9.17, 15) is 19.2 Å². The molecule has 178 valence electrons. The summed E-state index contributed by atoms with van der Waals surface area (Å²) >= 11 is 0. The number of hydroxylamine groups is 2. The lowest BCUT2D eigenvalue weighted by Crippen LogP contribution is -2.47. The first-order valence-corrected chi connectivity index (χ1v) is 10.4. The molecule has 4 amide bonds. The number of aliphatic carboxylic acids is 1. The number of urea groups is 1. The van der Waals surface area contributed by atoms with E-state index in [0.29, 0.717) is 11.3 Å². The van der Waals surface area contributed by atoms with Crippen molar-refractivity contribution in [3.05, 3.63) is 41.5 Å². The Balaban J connectivity index is 1.58. The second-order valence-electron chi connectivity index (χ2n) is 8.85. The third kappa shape index (κ3) is 6.01. The van der Waals surface area contributed by atoms with Gasteiger partial charge in [0.15, 0.2) is 6.61 Å². The highest BCUT2D eigenvalue weighted by Gasteiger charge is 2.47. The number of carboxylic acid groups (broad SMARTS) is 1. The van der Waals surface area contributed by atoms with E-state index in [4.69, 9.17) is 14.7 Å². The molecule has 2 aliphatic rings. The summed E-state index contributed by atoms with van der Waals surface area (Å²) in [6.45, 7) is 6.93. The minimum Gasteiger partial charge on any atom is -0.479 e. The fourth-order valence-electron chi connectivity index (χ4n) is 3.63. The maximum atomic E-state index is 12.9. The highest BCUT2D eigenvalue weighted by Crippen LogP contribution is 2.30. The van der Waals surface area contributed by atoms with Gasteiger partial charge in [0.1, 0.15) is 11.6 Å². The smallest absolute Gasteiger partial charge is 0.407 e. The fraction of sp³-hybridized carbons (Fsp3) is 0.455. The second-order valence-corrected chi connectivity index (χ2v) is 8.85. The normalized spacial score (nSPS) is 19.8. The van der Waals surface area contributed by atoms with Crippen LogP contribution in [-0.2, 0) is 25.7 Å². The number of nitrogens with zero attached hydrogens (tertiary/aromatic N) is 2. The Hall–Kier alpha value is -3.60. The number of carboxylic acids is 1. The molecule has 2 heterocycles. The van der Waals surface area contributed by atoms with Crippen LogP contribution in [0.5, 0.6) is 0 Å². The number of rotatable bonds is 7. The Morgan fingerprint density at radius 1 is 1.18 bits per heavy atom. The Labute approximate surface area is 191 Å². The van der Waals surface area contributed by atoms with Crippen molar-refractivity contribution >= 4 is 29.7 Å². The molecule has 0 aromatic heterocycles. The summed E-state index contributed by atoms with van der Waals surface area (Å²) < 4.78 is 5.19. The summed E-state index contributed by atoms with van der Waals surface area (Å²) in [5, 5.41) is 15.3. The van der Waals surface area contributed by atoms with Gasteiger partial charge in [-0.15, -0.1) is 0 Å². The number of nitrogens with one attached hydrogen (secondary N) is 2. The topological polar surface area (TPSA) is 138 Å². The molecule has 2 aliphatic heterocycles. The minimum absolute atomic E-state index is 0.225. The lowest BCUT2D eigenvalue weighted by Gasteiger charge is -2.29. The van der Waals surface area contributed by atoms with Gasteiger partial charge in [0.25, 0.3) is 5.91 Å². The van der Waals surface area contributed by atoms with E-state index in [-0.39, 0.29) is 13.1 Å². The zero-order valence-corrected chi connectivity index (χ0v) is 19.0. The van der Waals surface area contributed by atoms with Crippen LogP contribution in [0.1, 0.15) is 33.3 Å². The molecule has 0 aliphatic carbocycles. The predicted octanol–water partition coefficient (Wildman–Crippen LogP) is 2.10. The van der Waals surface area contributed by atoms with Crippen molar-refractivity contribution in [1.29, 1.82) is 0 Å². The van der Waals surface area contributed by atoms with Gasteiger partial charge in [-0.2, -0.15) is 5.06 Å². The van der Waals surface area contributed by atoms with Crippen molar-refractivity contribution in [3.63, 3.8) is 0 Å². The zero-order valence-electron chi connectivity index (χ0n) is 19.0. The van der Waals surface area contributed by atoms with Gasteiger partial charge in [-0.05, 0) is 51.0 Å². The number of carbonyl (C=O) groups is 4. The van der Waals surface area contributed by atoms with Crippen LogP contribution in [-0.4, -0.2) is 69.9 Å². The molecule has 0 unspecified atom stereocenters. The first-order valence-electron chi connectivity index (χ1n) is 10.4. The lowest BCUT2D eigenvalue weighted by atomic mass is 10.00. The summed E-state index contributed by atoms with van der Waals surface area (Å²) in [7, 11) is 0. The van der Waals surface area contributed by atoms with E-state index in [1.54, 1.807) is 58.0 Å². The molecule has 3 rings (SSSR count). The molecule has 3 N–H and O–H groups in total. The van der Waals surface area contributed by atoms with Crippen molar-refractivity contribution < 1.29 is 33.9 Å². The Kier molecular flexibility index (Phi) is 6.92. The first kappa shape index (κ1) is 24.1. The third-order valence-electron chi connectivity index (χ3n) is 4.95. The average Bonchev–Trinajstić information content (AvgIpc) is 2.95. The van der Waals surface area contributed by atoms with Gasteiger partial charge in [-0.3, -0.25) is 9.63 Å². The quantitative estimate of drug-likeness (QED) is 0.530. The summed E-state index contributed by atoms with van der Waals surface area (Å²) in [4.78, 5) is 54.6. The second kappa shape index (κ2) is 9.49. The number of benzene rings is 1. The summed E-state index contributed by atoms with van der Waals surface area (Å²) in [5.74, 6) is -1.59. The molecular formula is C22H28N4O7. The SMILES string of the molecule is CC1=C[C@H]2CN(C(=O)N2OCC(=O)O)[C@@H]1C(=O)Nc1ccc(CNC(=O)OC(C)(C)C)cc1. The number of hydrogen-bond acceptors (Lipinski definition) is 6. The first-order chi connectivity index (χ1) is 15.4. The molecule has 0 saturated carbocycles. The molecule has 11 nitrogen and oxygen atoms in total. The third-order valence-corrected chi connectivity index (χ3v) is 4.95. The molecule has 2 bridgehead atoms. The Morgan fingerprint density at radius 2 is 1.85 bits per heavy atom. The summed E-state index contributed by atoms with van der Waals surface area (Å²) in [6, 6.07) is 5.08. The largest absolute Gasteiger partial charge is 0.479 e. The van der Waals surface area contributed by atoms with Crippen molar-refractivity contribution in [2.24, 2.45) is 0 Å². The van der Waals surface area contributed by atoms with Gasteiger partial charge < -0.3 is 25.4 Å². The minimum atomic E-state index is -1.20. The van der Waals surface area contributed by atoms with E-state index in [0.717, 1.165) is 10.6 Å². The van der Waals surface area contributed by atoms with E-state index in [2.05, 4.69) is 10.6 Å². The molecule has 0 spiro atoms. The molecule has 1 fully saturated rings. The molecular weight excluding hydrogens is 432 g/mol. The van der Waals surface area contributed by atoms with Gasteiger partial charge in [-0.1, -0.05) is 18.2 Å². The van der Waals surface area contributed by atoms with E-state index >= 15 is 0 Å². The van der Waals surface area contributed by atoms with Gasteiger partial charge >= 0.3 is 18.1 Å². The number of carbonyl (C=O) groups excluding carboxylic acids is 3. The molecule has 1 saturated heterocycles. The molecule has 11 heteroatoms. The summed E-state index contributed by atoms with van der Waals surface area (Å²) in [6.07, 6.45) is 1.22. The van der Waals surface area contributed by atoms with E-state index in [1.807, 2.05) is 0 Å². The molecule has 33 heavy (non-hydrogen) atoms. The van der Waals surface area contributed by atoms with Gasteiger partial charge in [0.2, 0.25) is 0 Å². The van der Waals surface area contributed by atoms with Crippen LogP contribution in [0.4, 0.5) is 15.3 Å². The number of amides is 4. The van der Waals surface area contributed by atoms with Crippen molar-refractivity contribution in [3.8, 4) is 0 Å². The maximum absolute atomic E-state index is 12.9. The maximum Gasteiger partial charge on any atom is 0.407 e. The highest BCUT2D eigenvalue weighted by atomic mass is 16.7. The molecule has 1 aromatic rings. The summed E-state index contributed by atoms with van der Waals surface area (Å²) in [5.41, 5.74) is 1.43. The predicted molar refractivity (Wildman–Crippen MR) is 117 cm³/mol. The van der Waals surface area contributed by atoms with Gasteiger partial charge in [-0.25, -0.2) is 14.4 Å². The number of anilines is 1. The average molecular weight is 460 g/mol. The Morgan fingerprint density at radius 3 is 2.45 bits per heavy atom.